The van der Waals surface area contributed by atoms with Crippen LogP contribution in [0.3, 0.4) is 0 Å². The van der Waals surface area contributed by atoms with Gasteiger partial charge >= 0.3 is 0 Å². The van der Waals surface area contributed by atoms with E-state index in [9.17, 15) is 21.6 Å². The van der Waals surface area contributed by atoms with Crippen LogP contribution in [0.2, 0.25) is 0 Å². The fourth-order valence-electron chi connectivity index (χ4n) is 3.73. The Kier molecular flexibility index (Phi) is 8.13. The molecule has 1 aromatic heterocycles. The van der Waals surface area contributed by atoms with Crippen LogP contribution in [-0.4, -0.2) is 45.9 Å². The summed E-state index contributed by atoms with van der Waals surface area (Å²) in [4.78, 5) is 17.3. The zero-order valence-electron chi connectivity index (χ0n) is 20.0. The number of amides is 1. The van der Waals surface area contributed by atoms with Crippen molar-refractivity contribution < 1.29 is 31.2 Å². The van der Waals surface area contributed by atoms with Gasteiger partial charge in [-0.05, 0) is 54.3 Å². The van der Waals surface area contributed by atoms with Crippen molar-refractivity contribution in [2.24, 2.45) is 0 Å². The number of nitrogens with one attached hydrogen (secondary N) is 2. The molecule has 0 saturated carbocycles. The SMILES string of the molecule is CS(=O)(=O)Nc1ccccc1-c1ccc(S(=O)(=O)n2ccc(C=CC(=O)NOC3CCCCO3)c2)cc1. The second kappa shape index (κ2) is 11.3. The third kappa shape index (κ3) is 7.07. The van der Waals surface area contributed by atoms with E-state index in [1.807, 2.05) is 0 Å². The number of para-hydroxylation sites is 1. The monoisotopic (exact) mass is 545 g/mol. The third-order valence-electron chi connectivity index (χ3n) is 5.51. The van der Waals surface area contributed by atoms with Crippen molar-refractivity contribution in [2.75, 3.05) is 17.6 Å². The van der Waals surface area contributed by atoms with Gasteiger partial charge in [-0.1, -0.05) is 30.3 Å². The Hall–Kier alpha value is -3.45. The molecule has 12 heteroatoms. The highest BCUT2D eigenvalue weighted by atomic mass is 32.2. The van der Waals surface area contributed by atoms with E-state index >= 15 is 0 Å². The lowest BCUT2D eigenvalue weighted by Crippen LogP contribution is -2.32. The van der Waals surface area contributed by atoms with Gasteiger partial charge in [0, 0.05) is 37.1 Å². The number of hydroxylamine groups is 1. The molecule has 1 aliphatic rings. The van der Waals surface area contributed by atoms with E-state index in [4.69, 9.17) is 9.57 Å². The minimum absolute atomic E-state index is 0.0505. The molecule has 4 rings (SSSR count). The summed E-state index contributed by atoms with van der Waals surface area (Å²) in [7, 11) is -7.37. The highest BCUT2D eigenvalue weighted by molar-refractivity contribution is 7.92. The molecule has 10 nitrogen and oxygen atoms in total. The highest BCUT2D eigenvalue weighted by Gasteiger charge is 2.18. The molecule has 196 valence electrons. The largest absolute Gasteiger partial charge is 0.350 e. The van der Waals surface area contributed by atoms with E-state index < -0.39 is 32.2 Å². The Balaban J connectivity index is 1.44. The van der Waals surface area contributed by atoms with Crippen LogP contribution in [0.15, 0.2) is 78.0 Å². The molecule has 0 spiro atoms. The van der Waals surface area contributed by atoms with Crippen LogP contribution in [0.1, 0.15) is 24.8 Å². The van der Waals surface area contributed by atoms with E-state index in [1.165, 1.54) is 36.7 Å². The number of ether oxygens (including phenoxy) is 1. The summed E-state index contributed by atoms with van der Waals surface area (Å²) in [6.07, 6.45) is 8.73. The summed E-state index contributed by atoms with van der Waals surface area (Å²) in [6, 6.07) is 14.5. The molecule has 0 radical (unpaired) electrons. The van der Waals surface area contributed by atoms with Crippen LogP contribution >= 0.6 is 0 Å². The van der Waals surface area contributed by atoms with Gasteiger partial charge in [-0.25, -0.2) is 31.1 Å². The van der Waals surface area contributed by atoms with Crippen LogP contribution in [0.5, 0.6) is 0 Å². The Morgan fingerprint density at radius 2 is 1.81 bits per heavy atom. The highest BCUT2D eigenvalue weighted by Crippen LogP contribution is 2.29. The minimum atomic E-state index is -3.89. The van der Waals surface area contributed by atoms with Gasteiger partial charge in [0.15, 0.2) is 6.29 Å². The molecule has 2 heterocycles. The van der Waals surface area contributed by atoms with Crippen molar-refractivity contribution >= 4 is 37.7 Å². The number of hydrogen-bond acceptors (Lipinski definition) is 7. The van der Waals surface area contributed by atoms with Crippen LogP contribution in [0, 0.1) is 0 Å². The lowest BCUT2D eigenvalue weighted by atomic mass is 10.0. The van der Waals surface area contributed by atoms with Gasteiger partial charge in [0.05, 0.1) is 16.8 Å². The summed E-state index contributed by atoms with van der Waals surface area (Å²) < 4.78 is 58.5. The lowest BCUT2D eigenvalue weighted by Gasteiger charge is -2.21. The van der Waals surface area contributed by atoms with Crippen LogP contribution in [0.25, 0.3) is 17.2 Å². The maximum absolute atomic E-state index is 13.1. The van der Waals surface area contributed by atoms with Crippen molar-refractivity contribution in [3.05, 3.63) is 78.6 Å². The van der Waals surface area contributed by atoms with E-state index in [1.54, 1.807) is 42.5 Å². The average molecular weight is 546 g/mol. The van der Waals surface area contributed by atoms with Crippen molar-refractivity contribution in [1.29, 1.82) is 0 Å². The van der Waals surface area contributed by atoms with Crippen molar-refractivity contribution in [2.45, 2.75) is 30.4 Å². The van der Waals surface area contributed by atoms with Gasteiger partial charge in [-0.15, -0.1) is 0 Å². The maximum Gasteiger partial charge on any atom is 0.267 e. The molecule has 0 bridgehead atoms. The van der Waals surface area contributed by atoms with E-state index in [2.05, 4.69) is 10.2 Å². The van der Waals surface area contributed by atoms with Gasteiger partial charge in [-0.2, -0.15) is 0 Å². The fraction of sp³-hybridized carbons (Fsp3) is 0.240. The molecule has 1 unspecified atom stereocenters. The summed E-state index contributed by atoms with van der Waals surface area (Å²) in [5.74, 6) is -0.494. The smallest absolute Gasteiger partial charge is 0.267 e. The first-order chi connectivity index (χ1) is 17.6. The van der Waals surface area contributed by atoms with Crippen LogP contribution in [-0.2, 0) is 34.4 Å². The lowest BCUT2D eigenvalue weighted by molar-refractivity contribution is -0.198. The molecule has 3 aromatic rings. The summed E-state index contributed by atoms with van der Waals surface area (Å²) >= 11 is 0. The van der Waals surface area contributed by atoms with Gasteiger partial charge in [-0.3, -0.25) is 9.52 Å². The summed E-state index contributed by atoms with van der Waals surface area (Å²) in [6.45, 7) is 0.592. The van der Waals surface area contributed by atoms with Crippen LogP contribution in [0.4, 0.5) is 5.69 Å². The zero-order valence-corrected chi connectivity index (χ0v) is 21.7. The van der Waals surface area contributed by atoms with E-state index in [0.29, 0.717) is 35.4 Å². The number of benzene rings is 2. The van der Waals surface area contributed by atoms with E-state index in [0.717, 1.165) is 23.1 Å². The minimum Gasteiger partial charge on any atom is -0.350 e. The Labute approximate surface area is 216 Å². The maximum atomic E-state index is 13.1. The number of anilines is 1. The van der Waals surface area contributed by atoms with Gasteiger partial charge in [0.2, 0.25) is 10.0 Å². The predicted octanol–water partition coefficient (Wildman–Crippen LogP) is 3.35. The first-order valence-electron chi connectivity index (χ1n) is 11.5. The number of carbonyl (C=O) groups excluding carboxylic acids is 1. The molecule has 1 saturated heterocycles. The van der Waals surface area contributed by atoms with Crippen molar-refractivity contribution in [1.82, 2.24) is 9.45 Å². The Morgan fingerprint density at radius 3 is 2.51 bits per heavy atom. The number of carbonyl (C=O) groups is 1. The summed E-state index contributed by atoms with van der Waals surface area (Å²) in [5, 5.41) is 0. The standard InChI is InChI=1S/C25H27N3O7S2/c1-36(30,31)27-23-7-3-2-6-22(23)20-10-12-21(13-11-20)37(32,33)28-16-15-19(18-28)9-14-24(29)26-35-25-8-4-5-17-34-25/h2-3,6-7,9-16,18,25,27H,4-5,8,17H2,1H3,(H,26,29). The third-order valence-corrected chi connectivity index (χ3v) is 7.75. The van der Waals surface area contributed by atoms with E-state index in [-0.39, 0.29) is 4.90 Å². The van der Waals surface area contributed by atoms with Crippen LogP contribution < -0.4 is 10.2 Å². The van der Waals surface area contributed by atoms with Gasteiger partial charge < -0.3 is 4.74 Å². The predicted molar refractivity (Wildman–Crippen MR) is 139 cm³/mol. The second-order valence-electron chi connectivity index (χ2n) is 8.44. The number of nitrogens with zero attached hydrogens (tertiary/aromatic N) is 1. The normalized spacial score (nSPS) is 16.5. The second-order valence-corrected chi connectivity index (χ2v) is 12.0. The number of hydrogen-bond donors (Lipinski definition) is 2. The quantitative estimate of drug-likeness (QED) is 0.311. The van der Waals surface area contributed by atoms with Gasteiger partial charge in [0.1, 0.15) is 0 Å². The number of rotatable bonds is 9. The Bertz CT molecular complexity index is 1490. The molecule has 0 aliphatic carbocycles. The molecule has 1 amide bonds. The summed E-state index contributed by atoms with van der Waals surface area (Å²) in [5.41, 5.74) is 4.46. The molecule has 1 fully saturated rings. The number of aromatic nitrogens is 1. The molecule has 1 aliphatic heterocycles. The molecular weight excluding hydrogens is 518 g/mol. The Morgan fingerprint density at radius 1 is 1.05 bits per heavy atom. The molecule has 1 atom stereocenters. The first kappa shape index (κ1) is 26.6. The molecular formula is C25H27N3O7S2. The molecule has 2 aromatic carbocycles. The van der Waals surface area contributed by atoms with Crippen molar-refractivity contribution in [3.8, 4) is 11.1 Å². The zero-order chi connectivity index (χ0) is 26.5. The molecule has 37 heavy (non-hydrogen) atoms. The fourth-order valence-corrected chi connectivity index (χ4v) is 5.51. The average Bonchev–Trinajstić information content (AvgIpc) is 3.36. The number of sulfonamides is 1. The first-order valence-corrected chi connectivity index (χ1v) is 14.8. The topological polar surface area (TPSA) is 133 Å². The molecule has 2 N–H and O–H groups in total. The van der Waals surface area contributed by atoms with Crippen molar-refractivity contribution in [3.63, 3.8) is 0 Å². The van der Waals surface area contributed by atoms with Gasteiger partial charge in [0.25, 0.3) is 15.9 Å².